The Morgan fingerprint density at radius 1 is 1.35 bits per heavy atom. The quantitative estimate of drug-likeness (QED) is 0.877. The molecular formula is C14H21ClN4O. The summed E-state index contributed by atoms with van der Waals surface area (Å²) in [5.74, 6) is 1.51. The van der Waals surface area contributed by atoms with Gasteiger partial charge in [-0.15, -0.1) is 12.4 Å². The SMILES string of the molecule is Cc1cc(C)nc(CNC(=O)[C@@H]2[C@H]3CC[C@@H]2NC3)n1.Cl. The van der Waals surface area contributed by atoms with Gasteiger partial charge < -0.3 is 10.6 Å². The van der Waals surface area contributed by atoms with E-state index in [9.17, 15) is 4.79 Å². The first-order valence-electron chi connectivity index (χ1n) is 6.96. The Labute approximate surface area is 125 Å². The van der Waals surface area contributed by atoms with E-state index in [0.29, 0.717) is 24.3 Å². The van der Waals surface area contributed by atoms with Gasteiger partial charge in [-0.1, -0.05) is 0 Å². The highest BCUT2D eigenvalue weighted by Crippen LogP contribution is 2.36. The number of hydrogen-bond donors (Lipinski definition) is 2. The molecule has 3 rings (SSSR count). The van der Waals surface area contributed by atoms with Crippen LogP contribution in [0.3, 0.4) is 0 Å². The van der Waals surface area contributed by atoms with Gasteiger partial charge in [-0.3, -0.25) is 4.79 Å². The van der Waals surface area contributed by atoms with Gasteiger partial charge in [0.2, 0.25) is 5.91 Å². The first-order valence-corrected chi connectivity index (χ1v) is 6.96. The Kier molecular flexibility index (Phi) is 4.60. The topological polar surface area (TPSA) is 66.9 Å². The molecule has 1 saturated carbocycles. The number of halogens is 1. The van der Waals surface area contributed by atoms with Crippen LogP contribution in [-0.2, 0) is 11.3 Å². The number of hydrogen-bond acceptors (Lipinski definition) is 4. The lowest BCUT2D eigenvalue weighted by Crippen LogP contribution is -2.37. The molecule has 5 nitrogen and oxygen atoms in total. The van der Waals surface area contributed by atoms with E-state index < -0.39 is 0 Å². The summed E-state index contributed by atoms with van der Waals surface area (Å²) in [5, 5.41) is 6.40. The summed E-state index contributed by atoms with van der Waals surface area (Å²) in [5.41, 5.74) is 1.89. The van der Waals surface area contributed by atoms with E-state index in [-0.39, 0.29) is 24.2 Å². The summed E-state index contributed by atoms with van der Waals surface area (Å²) in [6, 6.07) is 2.32. The fraction of sp³-hybridized carbons (Fsp3) is 0.643. The minimum Gasteiger partial charge on any atom is -0.349 e. The molecule has 2 N–H and O–H groups in total. The molecule has 2 fully saturated rings. The van der Waals surface area contributed by atoms with Gasteiger partial charge in [0.05, 0.1) is 12.5 Å². The van der Waals surface area contributed by atoms with Crippen LogP contribution in [0.2, 0.25) is 0 Å². The molecule has 1 aliphatic carbocycles. The van der Waals surface area contributed by atoms with Gasteiger partial charge in [-0.2, -0.15) is 0 Å². The van der Waals surface area contributed by atoms with E-state index in [1.165, 1.54) is 6.42 Å². The van der Waals surface area contributed by atoms with Crippen molar-refractivity contribution in [2.24, 2.45) is 11.8 Å². The van der Waals surface area contributed by atoms with E-state index in [4.69, 9.17) is 0 Å². The van der Waals surface area contributed by atoms with Crippen molar-refractivity contribution in [2.45, 2.75) is 39.3 Å². The summed E-state index contributed by atoms with van der Waals surface area (Å²) in [4.78, 5) is 20.9. The Morgan fingerprint density at radius 2 is 2.05 bits per heavy atom. The molecule has 2 aliphatic rings. The molecule has 0 spiro atoms. The van der Waals surface area contributed by atoms with Crippen molar-refractivity contribution < 1.29 is 4.79 Å². The van der Waals surface area contributed by atoms with Crippen LogP contribution in [0, 0.1) is 25.7 Å². The molecule has 6 heteroatoms. The highest BCUT2D eigenvalue weighted by atomic mass is 35.5. The van der Waals surface area contributed by atoms with Crippen LogP contribution >= 0.6 is 12.4 Å². The molecule has 1 amide bonds. The van der Waals surface area contributed by atoms with Crippen LogP contribution in [-0.4, -0.2) is 28.5 Å². The number of aryl methyl sites for hydroxylation is 2. The lowest BCUT2D eigenvalue weighted by atomic mass is 9.97. The zero-order valence-electron chi connectivity index (χ0n) is 11.8. The number of carbonyl (C=O) groups is 1. The molecule has 2 heterocycles. The molecule has 110 valence electrons. The second-order valence-electron chi connectivity index (χ2n) is 5.66. The number of amides is 1. The normalized spacial score (nSPS) is 27.2. The van der Waals surface area contributed by atoms with E-state index in [2.05, 4.69) is 20.6 Å². The lowest BCUT2D eigenvalue weighted by molar-refractivity contribution is -0.125. The van der Waals surface area contributed by atoms with Gasteiger partial charge in [0.15, 0.2) is 0 Å². The zero-order chi connectivity index (χ0) is 13.4. The van der Waals surface area contributed by atoms with Crippen molar-refractivity contribution >= 4 is 18.3 Å². The number of nitrogens with zero attached hydrogens (tertiary/aromatic N) is 2. The summed E-state index contributed by atoms with van der Waals surface area (Å²) < 4.78 is 0. The zero-order valence-corrected chi connectivity index (χ0v) is 12.7. The number of rotatable bonds is 3. The van der Waals surface area contributed by atoms with Gasteiger partial charge in [-0.05, 0) is 45.2 Å². The van der Waals surface area contributed by atoms with Crippen molar-refractivity contribution in [3.05, 3.63) is 23.3 Å². The van der Waals surface area contributed by atoms with Gasteiger partial charge in [0.1, 0.15) is 5.82 Å². The molecule has 1 aliphatic heterocycles. The second kappa shape index (κ2) is 6.06. The third-order valence-corrected chi connectivity index (χ3v) is 4.18. The Balaban J connectivity index is 0.00000147. The number of fused-ring (bicyclic) bond motifs is 2. The molecule has 1 aromatic rings. The minimum absolute atomic E-state index is 0. The molecule has 1 saturated heterocycles. The van der Waals surface area contributed by atoms with Gasteiger partial charge in [0, 0.05) is 17.4 Å². The maximum Gasteiger partial charge on any atom is 0.225 e. The fourth-order valence-corrected chi connectivity index (χ4v) is 3.40. The Hall–Kier alpha value is -1.20. The van der Waals surface area contributed by atoms with E-state index >= 15 is 0 Å². The average Bonchev–Trinajstić information content (AvgIpc) is 2.94. The molecule has 0 unspecified atom stereocenters. The molecule has 20 heavy (non-hydrogen) atoms. The average molecular weight is 297 g/mol. The first kappa shape index (κ1) is 15.2. The molecule has 1 aromatic heterocycles. The summed E-state index contributed by atoms with van der Waals surface area (Å²) in [6.07, 6.45) is 2.30. The predicted octanol–water partition coefficient (Wildman–Crippen LogP) is 1.13. The molecule has 0 radical (unpaired) electrons. The summed E-state index contributed by atoms with van der Waals surface area (Å²) in [7, 11) is 0. The largest absolute Gasteiger partial charge is 0.349 e. The van der Waals surface area contributed by atoms with E-state index in [0.717, 1.165) is 24.4 Å². The number of nitrogens with one attached hydrogen (secondary N) is 2. The van der Waals surface area contributed by atoms with Gasteiger partial charge in [-0.25, -0.2) is 9.97 Å². The monoisotopic (exact) mass is 296 g/mol. The van der Waals surface area contributed by atoms with Crippen molar-refractivity contribution in [3.8, 4) is 0 Å². The van der Waals surface area contributed by atoms with Crippen LogP contribution in [0.5, 0.6) is 0 Å². The Bertz CT molecular complexity index is 468. The van der Waals surface area contributed by atoms with Gasteiger partial charge in [0.25, 0.3) is 0 Å². The van der Waals surface area contributed by atoms with Crippen LogP contribution in [0.25, 0.3) is 0 Å². The van der Waals surface area contributed by atoms with E-state index in [1.54, 1.807) is 0 Å². The molecule has 2 bridgehead atoms. The first-order chi connectivity index (χ1) is 9.13. The maximum absolute atomic E-state index is 12.2. The van der Waals surface area contributed by atoms with Gasteiger partial charge >= 0.3 is 0 Å². The fourth-order valence-electron chi connectivity index (χ4n) is 3.40. The van der Waals surface area contributed by atoms with Crippen LogP contribution in [0.1, 0.15) is 30.1 Å². The van der Waals surface area contributed by atoms with Crippen molar-refractivity contribution in [3.63, 3.8) is 0 Å². The van der Waals surface area contributed by atoms with Crippen molar-refractivity contribution in [2.75, 3.05) is 6.54 Å². The van der Waals surface area contributed by atoms with Crippen molar-refractivity contribution in [1.29, 1.82) is 0 Å². The molecular weight excluding hydrogens is 276 g/mol. The van der Waals surface area contributed by atoms with Crippen LogP contribution < -0.4 is 10.6 Å². The lowest BCUT2D eigenvalue weighted by Gasteiger charge is -2.14. The van der Waals surface area contributed by atoms with Crippen LogP contribution in [0.15, 0.2) is 6.07 Å². The Morgan fingerprint density at radius 3 is 2.55 bits per heavy atom. The molecule has 3 atom stereocenters. The summed E-state index contributed by atoms with van der Waals surface area (Å²) >= 11 is 0. The number of aromatic nitrogens is 2. The maximum atomic E-state index is 12.2. The highest BCUT2D eigenvalue weighted by molar-refractivity contribution is 5.85. The van der Waals surface area contributed by atoms with E-state index in [1.807, 2.05) is 19.9 Å². The smallest absolute Gasteiger partial charge is 0.225 e. The third-order valence-electron chi connectivity index (χ3n) is 4.18. The second-order valence-corrected chi connectivity index (χ2v) is 5.66. The summed E-state index contributed by atoms with van der Waals surface area (Å²) in [6.45, 7) is 5.31. The molecule has 0 aromatic carbocycles. The number of carbonyl (C=O) groups excluding carboxylic acids is 1. The van der Waals surface area contributed by atoms with Crippen LogP contribution in [0.4, 0.5) is 0 Å². The standard InChI is InChI=1S/C14H20N4O.ClH/c1-8-5-9(2)18-12(17-8)7-16-14(19)13-10-3-4-11(13)15-6-10;/h5,10-11,13,15H,3-4,6-7H2,1-2H3,(H,16,19);1H/t10-,11-,13+;/m0./s1. The predicted molar refractivity (Wildman–Crippen MR) is 78.6 cm³/mol. The van der Waals surface area contributed by atoms with Crippen molar-refractivity contribution in [1.82, 2.24) is 20.6 Å². The highest BCUT2D eigenvalue weighted by Gasteiger charge is 2.45. The third kappa shape index (κ3) is 2.94. The number of piperidine rings is 1. The minimum atomic E-state index is 0.